The molecule has 3 rings (SSSR count). The quantitative estimate of drug-likeness (QED) is 0.856. The van der Waals surface area contributed by atoms with Crippen LogP contribution in [0.1, 0.15) is 10.4 Å². The van der Waals surface area contributed by atoms with E-state index in [1.54, 1.807) is 0 Å². The summed E-state index contributed by atoms with van der Waals surface area (Å²) >= 11 is 3.37. The van der Waals surface area contributed by atoms with Gasteiger partial charge >= 0.3 is 0 Å². The molecular weight excluding hydrogens is 382 g/mol. The number of nitrogens with one attached hydrogen (secondary N) is 1. The van der Waals surface area contributed by atoms with E-state index < -0.39 is 0 Å². The van der Waals surface area contributed by atoms with Crippen LogP contribution in [-0.2, 0) is 4.79 Å². The minimum absolute atomic E-state index is 0.0369. The van der Waals surface area contributed by atoms with Crippen molar-refractivity contribution in [3.8, 4) is 0 Å². The van der Waals surface area contributed by atoms with Crippen LogP contribution >= 0.6 is 15.9 Å². The van der Waals surface area contributed by atoms with Crippen molar-refractivity contribution in [3.05, 3.63) is 64.6 Å². The fraction of sp³-hybridized carbons (Fsp3) is 0.263. The van der Waals surface area contributed by atoms with Gasteiger partial charge in [-0.3, -0.25) is 14.5 Å². The van der Waals surface area contributed by atoms with Crippen LogP contribution < -0.4 is 5.32 Å². The summed E-state index contributed by atoms with van der Waals surface area (Å²) in [4.78, 5) is 28.5. The van der Waals surface area contributed by atoms with Crippen molar-refractivity contribution in [3.63, 3.8) is 0 Å². The molecule has 1 N–H and O–H groups in total. The first-order chi connectivity index (χ1) is 12.1. The maximum atomic E-state index is 12.4. The van der Waals surface area contributed by atoms with Crippen LogP contribution in [0.3, 0.4) is 0 Å². The molecule has 0 spiro atoms. The second-order valence-corrected chi connectivity index (χ2v) is 6.91. The SMILES string of the molecule is O=C(CN1CCN(C(=O)c2ccccc2)CC1)Nc1ccc(Br)cc1. The van der Waals surface area contributed by atoms with Gasteiger partial charge in [-0.2, -0.15) is 0 Å². The summed E-state index contributed by atoms with van der Waals surface area (Å²) in [6, 6.07) is 16.8. The third kappa shape index (κ3) is 4.90. The zero-order valence-corrected chi connectivity index (χ0v) is 15.4. The van der Waals surface area contributed by atoms with E-state index in [1.165, 1.54) is 0 Å². The van der Waals surface area contributed by atoms with Crippen LogP contribution in [0.25, 0.3) is 0 Å². The number of benzene rings is 2. The van der Waals surface area contributed by atoms with Crippen LogP contribution in [0, 0.1) is 0 Å². The lowest BCUT2D eigenvalue weighted by Gasteiger charge is -2.34. The Morgan fingerprint density at radius 3 is 2.20 bits per heavy atom. The first-order valence-corrected chi connectivity index (χ1v) is 9.03. The number of piperazine rings is 1. The molecule has 25 heavy (non-hydrogen) atoms. The van der Waals surface area contributed by atoms with Crippen LogP contribution in [0.4, 0.5) is 5.69 Å². The predicted molar refractivity (Wildman–Crippen MR) is 102 cm³/mol. The normalized spacial score (nSPS) is 15.0. The van der Waals surface area contributed by atoms with Crippen LogP contribution in [0.5, 0.6) is 0 Å². The van der Waals surface area contributed by atoms with Crippen LogP contribution in [-0.4, -0.2) is 54.3 Å². The topological polar surface area (TPSA) is 52.7 Å². The fourth-order valence-corrected chi connectivity index (χ4v) is 3.07. The summed E-state index contributed by atoms with van der Waals surface area (Å²) in [5.74, 6) is 0.0183. The van der Waals surface area contributed by atoms with Gasteiger partial charge in [-0.15, -0.1) is 0 Å². The molecule has 6 heteroatoms. The van der Waals surface area contributed by atoms with Crippen molar-refractivity contribution in [2.75, 3.05) is 38.0 Å². The van der Waals surface area contributed by atoms with Gasteiger partial charge in [0.1, 0.15) is 0 Å². The van der Waals surface area contributed by atoms with E-state index in [9.17, 15) is 9.59 Å². The van der Waals surface area contributed by atoms with Gasteiger partial charge in [0.05, 0.1) is 6.54 Å². The molecule has 1 heterocycles. The van der Waals surface area contributed by atoms with Crippen molar-refractivity contribution >= 4 is 33.4 Å². The predicted octanol–water partition coefficient (Wildman–Crippen LogP) is 2.85. The van der Waals surface area contributed by atoms with Gasteiger partial charge in [0, 0.05) is 41.9 Å². The fourth-order valence-electron chi connectivity index (χ4n) is 2.81. The highest BCUT2D eigenvalue weighted by molar-refractivity contribution is 9.10. The van der Waals surface area contributed by atoms with E-state index in [4.69, 9.17) is 0 Å². The Bertz CT molecular complexity index is 726. The van der Waals surface area contributed by atoms with E-state index in [2.05, 4.69) is 26.1 Å². The maximum absolute atomic E-state index is 12.4. The number of amides is 2. The average molecular weight is 402 g/mol. The molecule has 1 fully saturated rings. The van der Waals surface area contributed by atoms with Crippen molar-refractivity contribution in [1.29, 1.82) is 0 Å². The first kappa shape index (κ1) is 17.6. The van der Waals surface area contributed by atoms with Gasteiger partial charge in [0.25, 0.3) is 5.91 Å². The molecule has 0 aliphatic carbocycles. The Balaban J connectivity index is 1.46. The number of hydrogen-bond acceptors (Lipinski definition) is 3. The van der Waals surface area contributed by atoms with E-state index in [0.717, 1.165) is 10.2 Å². The molecule has 1 aliphatic heterocycles. The van der Waals surface area contributed by atoms with Crippen molar-refractivity contribution in [2.24, 2.45) is 0 Å². The number of halogens is 1. The van der Waals surface area contributed by atoms with Gasteiger partial charge in [-0.25, -0.2) is 0 Å². The molecule has 5 nitrogen and oxygen atoms in total. The molecule has 2 aromatic carbocycles. The van der Waals surface area contributed by atoms with Gasteiger partial charge in [0.2, 0.25) is 5.91 Å². The van der Waals surface area contributed by atoms with E-state index in [-0.39, 0.29) is 11.8 Å². The van der Waals surface area contributed by atoms with Crippen LogP contribution in [0.2, 0.25) is 0 Å². The third-order valence-corrected chi connectivity index (χ3v) is 4.70. The minimum Gasteiger partial charge on any atom is -0.336 e. The Hall–Kier alpha value is -2.18. The molecule has 0 aromatic heterocycles. The number of anilines is 1. The number of nitrogens with zero attached hydrogens (tertiary/aromatic N) is 2. The standard InChI is InChI=1S/C19H20BrN3O2/c20-16-6-8-17(9-7-16)21-18(24)14-22-10-12-23(13-11-22)19(25)15-4-2-1-3-5-15/h1-9H,10-14H2,(H,21,24). The zero-order chi connectivity index (χ0) is 17.6. The highest BCUT2D eigenvalue weighted by Crippen LogP contribution is 2.14. The smallest absolute Gasteiger partial charge is 0.253 e. The lowest BCUT2D eigenvalue weighted by molar-refractivity contribution is -0.117. The molecule has 1 aliphatic rings. The number of rotatable bonds is 4. The Morgan fingerprint density at radius 2 is 1.56 bits per heavy atom. The number of carbonyl (C=O) groups excluding carboxylic acids is 2. The van der Waals surface area contributed by atoms with Crippen molar-refractivity contribution < 1.29 is 9.59 Å². The molecule has 0 atom stereocenters. The molecule has 0 radical (unpaired) electrons. The molecule has 0 bridgehead atoms. The minimum atomic E-state index is -0.0369. The summed E-state index contributed by atoms with van der Waals surface area (Å²) in [5, 5.41) is 2.89. The summed E-state index contributed by atoms with van der Waals surface area (Å²) < 4.78 is 0.977. The van der Waals surface area contributed by atoms with Gasteiger partial charge in [0.15, 0.2) is 0 Å². The Labute approximate surface area is 155 Å². The Kier molecular flexibility index (Phi) is 5.83. The Morgan fingerprint density at radius 1 is 0.920 bits per heavy atom. The van der Waals surface area contributed by atoms with E-state index in [1.807, 2.05) is 59.5 Å². The molecule has 0 unspecified atom stereocenters. The largest absolute Gasteiger partial charge is 0.336 e. The monoisotopic (exact) mass is 401 g/mol. The number of hydrogen-bond donors (Lipinski definition) is 1. The molecule has 2 amide bonds. The molecule has 1 saturated heterocycles. The highest BCUT2D eigenvalue weighted by atomic mass is 79.9. The van der Waals surface area contributed by atoms with Gasteiger partial charge < -0.3 is 10.2 Å². The van der Waals surface area contributed by atoms with E-state index >= 15 is 0 Å². The van der Waals surface area contributed by atoms with Crippen molar-refractivity contribution in [2.45, 2.75) is 0 Å². The molecule has 130 valence electrons. The van der Waals surface area contributed by atoms with Crippen LogP contribution in [0.15, 0.2) is 59.1 Å². The highest BCUT2D eigenvalue weighted by Gasteiger charge is 2.23. The summed E-state index contributed by atoms with van der Waals surface area (Å²) in [5.41, 5.74) is 1.50. The lowest BCUT2D eigenvalue weighted by Crippen LogP contribution is -2.50. The summed E-state index contributed by atoms with van der Waals surface area (Å²) in [6.45, 7) is 3.01. The number of carbonyl (C=O) groups is 2. The van der Waals surface area contributed by atoms with Crippen molar-refractivity contribution in [1.82, 2.24) is 9.80 Å². The molecule has 0 saturated carbocycles. The second-order valence-electron chi connectivity index (χ2n) is 5.99. The third-order valence-electron chi connectivity index (χ3n) is 4.18. The average Bonchev–Trinajstić information content (AvgIpc) is 2.64. The lowest BCUT2D eigenvalue weighted by atomic mass is 10.2. The first-order valence-electron chi connectivity index (χ1n) is 8.24. The van der Waals surface area contributed by atoms with Gasteiger partial charge in [-0.05, 0) is 36.4 Å². The summed E-state index contributed by atoms with van der Waals surface area (Å²) in [7, 11) is 0. The molecule has 2 aromatic rings. The van der Waals surface area contributed by atoms with E-state index in [0.29, 0.717) is 38.3 Å². The second kappa shape index (κ2) is 8.27. The molecular formula is C19H20BrN3O2. The zero-order valence-electron chi connectivity index (χ0n) is 13.8. The van der Waals surface area contributed by atoms with Gasteiger partial charge in [-0.1, -0.05) is 34.1 Å². The maximum Gasteiger partial charge on any atom is 0.253 e. The summed E-state index contributed by atoms with van der Waals surface area (Å²) in [6.07, 6.45) is 0.